The lowest BCUT2D eigenvalue weighted by Gasteiger charge is -1.93. The van der Waals surface area contributed by atoms with Gasteiger partial charge in [0.1, 0.15) is 0 Å². The molecule has 2 heterocycles. The Morgan fingerprint density at radius 2 is 2.00 bits per heavy atom. The van der Waals surface area contributed by atoms with E-state index < -0.39 is 0 Å². The first-order chi connectivity index (χ1) is 10.2. The molecule has 0 amide bonds. The number of nitrogens with zero attached hydrogens (tertiary/aromatic N) is 2. The standard InChI is InChI=1S/C17H12N2OS/c1-11-5-4-6-12(9-11)10-15-16(20)19-14-8-3-2-7-13(14)18-17(19)21-15/h2-10H,1H3/b15-10-. The zero-order valence-corrected chi connectivity index (χ0v) is 12.2. The minimum atomic E-state index is 0.00482. The van der Waals surface area contributed by atoms with Crippen molar-refractivity contribution >= 4 is 33.4 Å². The molecule has 2 aromatic heterocycles. The molecule has 21 heavy (non-hydrogen) atoms. The van der Waals surface area contributed by atoms with Crippen molar-refractivity contribution in [2.24, 2.45) is 0 Å². The molecule has 0 saturated carbocycles. The van der Waals surface area contributed by atoms with Crippen LogP contribution in [0.15, 0.2) is 53.3 Å². The fourth-order valence-electron chi connectivity index (χ4n) is 2.52. The van der Waals surface area contributed by atoms with E-state index in [0.717, 1.165) is 21.6 Å². The summed E-state index contributed by atoms with van der Waals surface area (Å²) in [6.07, 6.45) is 1.93. The lowest BCUT2D eigenvalue weighted by Crippen LogP contribution is -2.22. The molecule has 0 aliphatic carbocycles. The lowest BCUT2D eigenvalue weighted by atomic mass is 10.1. The highest BCUT2D eigenvalue weighted by Gasteiger charge is 2.10. The molecule has 0 atom stereocenters. The topological polar surface area (TPSA) is 34.4 Å². The van der Waals surface area contributed by atoms with Crippen LogP contribution in [-0.4, -0.2) is 9.38 Å². The minimum Gasteiger partial charge on any atom is -0.267 e. The third-order valence-electron chi connectivity index (χ3n) is 3.49. The Kier molecular flexibility index (Phi) is 2.65. The summed E-state index contributed by atoms with van der Waals surface area (Å²) in [7, 11) is 0. The largest absolute Gasteiger partial charge is 0.274 e. The van der Waals surface area contributed by atoms with Crippen LogP contribution in [-0.2, 0) is 0 Å². The number of fused-ring (bicyclic) bond motifs is 3. The van der Waals surface area contributed by atoms with E-state index >= 15 is 0 Å². The van der Waals surface area contributed by atoms with E-state index in [1.54, 1.807) is 4.40 Å². The fraction of sp³-hybridized carbons (Fsp3) is 0.0588. The van der Waals surface area contributed by atoms with E-state index in [9.17, 15) is 4.79 Å². The summed E-state index contributed by atoms with van der Waals surface area (Å²) in [5, 5.41) is 0. The zero-order valence-electron chi connectivity index (χ0n) is 11.4. The molecule has 2 aromatic carbocycles. The van der Waals surface area contributed by atoms with Crippen molar-refractivity contribution in [1.29, 1.82) is 0 Å². The molecule has 0 aliphatic rings. The van der Waals surface area contributed by atoms with Crippen LogP contribution in [0.25, 0.3) is 22.1 Å². The smallest absolute Gasteiger partial charge is 0.267 e. The summed E-state index contributed by atoms with van der Waals surface area (Å²) in [4.78, 5) is 17.9. The van der Waals surface area contributed by atoms with Crippen LogP contribution in [0.3, 0.4) is 0 Å². The molecule has 4 aromatic rings. The van der Waals surface area contributed by atoms with E-state index in [-0.39, 0.29) is 5.56 Å². The number of hydrogen-bond donors (Lipinski definition) is 0. The van der Waals surface area contributed by atoms with Crippen molar-refractivity contribution in [1.82, 2.24) is 9.38 Å². The van der Waals surface area contributed by atoms with Crippen LogP contribution >= 0.6 is 11.3 Å². The zero-order chi connectivity index (χ0) is 14.4. The first-order valence-corrected chi connectivity index (χ1v) is 7.52. The van der Waals surface area contributed by atoms with Crippen molar-refractivity contribution in [3.05, 3.63) is 74.5 Å². The number of aryl methyl sites for hydroxylation is 1. The fourth-order valence-corrected chi connectivity index (χ4v) is 3.51. The monoisotopic (exact) mass is 292 g/mol. The van der Waals surface area contributed by atoms with Gasteiger partial charge in [0, 0.05) is 0 Å². The Balaban J connectivity index is 2.03. The van der Waals surface area contributed by atoms with Gasteiger partial charge in [0.2, 0.25) is 0 Å². The van der Waals surface area contributed by atoms with E-state index in [1.807, 2.05) is 55.5 Å². The number of thiazole rings is 1. The van der Waals surface area contributed by atoms with Gasteiger partial charge in [-0.05, 0) is 30.7 Å². The Morgan fingerprint density at radius 1 is 1.14 bits per heavy atom. The van der Waals surface area contributed by atoms with Gasteiger partial charge in [-0.2, -0.15) is 0 Å². The summed E-state index contributed by atoms with van der Waals surface area (Å²) in [6, 6.07) is 15.8. The molecule has 0 saturated heterocycles. The van der Waals surface area contributed by atoms with Gasteiger partial charge in [-0.1, -0.05) is 53.3 Å². The third kappa shape index (κ3) is 1.96. The van der Waals surface area contributed by atoms with Crippen molar-refractivity contribution in [3.8, 4) is 0 Å². The highest BCUT2D eigenvalue weighted by molar-refractivity contribution is 7.15. The summed E-state index contributed by atoms with van der Waals surface area (Å²) >= 11 is 1.43. The van der Waals surface area contributed by atoms with Gasteiger partial charge in [-0.15, -0.1) is 0 Å². The van der Waals surface area contributed by atoms with E-state index in [2.05, 4.69) is 11.1 Å². The second-order valence-corrected chi connectivity index (χ2v) is 6.06. The number of aromatic nitrogens is 2. The van der Waals surface area contributed by atoms with Gasteiger partial charge >= 0.3 is 0 Å². The molecule has 0 radical (unpaired) electrons. The summed E-state index contributed by atoms with van der Waals surface area (Å²) in [6.45, 7) is 2.05. The number of benzene rings is 2. The second kappa shape index (κ2) is 4.53. The van der Waals surface area contributed by atoms with Gasteiger partial charge in [-0.3, -0.25) is 4.79 Å². The predicted molar refractivity (Wildman–Crippen MR) is 86.8 cm³/mol. The summed E-state index contributed by atoms with van der Waals surface area (Å²) in [5.74, 6) is 0. The molecule has 0 spiro atoms. The lowest BCUT2D eigenvalue weighted by molar-refractivity contribution is 1.19. The number of imidazole rings is 1. The van der Waals surface area contributed by atoms with Crippen LogP contribution in [0.1, 0.15) is 11.1 Å². The number of para-hydroxylation sites is 2. The molecule has 3 nitrogen and oxygen atoms in total. The Labute approximate surface area is 124 Å². The van der Waals surface area contributed by atoms with Crippen molar-refractivity contribution < 1.29 is 0 Å². The van der Waals surface area contributed by atoms with E-state index in [1.165, 1.54) is 16.9 Å². The van der Waals surface area contributed by atoms with Crippen LogP contribution in [0.4, 0.5) is 0 Å². The van der Waals surface area contributed by atoms with Crippen molar-refractivity contribution in [2.75, 3.05) is 0 Å². The molecular weight excluding hydrogens is 280 g/mol. The summed E-state index contributed by atoms with van der Waals surface area (Å²) < 4.78 is 2.41. The Hall–Kier alpha value is -2.46. The first-order valence-electron chi connectivity index (χ1n) is 6.71. The molecule has 4 rings (SSSR count). The Morgan fingerprint density at radius 3 is 2.86 bits per heavy atom. The Bertz CT molecular complexity index is 1080. The maximum atomic E-state index is 12.6. The van der Waals surface area contributed by atoms with Crippen molar-refractivity contribution in [2.45, 2.75) is 6.92 Å². The molecule has 0 unspecified atom stereocenters. The average molecular weight is 292 g/mol. The SMILES string of the molecule is Cc1cccc(/C=c2\sc3nc4ccccc4n3c2=O)c1. The van der Waals surface area contributed by atoms with Crippen LogP contribution in [0.5, 0.6) is 0 Å². The highest BCUT2D eigenvalue weighted by atomic mass is 32.1. The third-order valence-corrected chi connectivity index (χ3v) is 4.45. The molecule has 0 N–H and O–H groups in total. The van der Waals surface area contributed by atoms with Gasteiger partial charge in [0.25, 0.3) is 5.56 Å². The first kappa shape index (κ1) is 12.3. The molecule has 102 valence electrons. The second-order valence-electron chi connectivity index (χ2n) is 5.05. The molecule has 0 aliphatic heterocycles. The molecule has 4 heteroatoms. The average Bonchev–Trinajstić information content (AvgIpc) is 2.97. The van der Waals surface area contributed by atoms with Crippen molar-refractivity contribution in [3.63, 3.8) is 0 Å². The van der Waals surface area contributed by atoms with Crippen LogP contribution < -0.4 is 10.1 Å². The normalized spacial score (nSPS) is 12.5. The van der Waals surface area contributed by atoms with E-state index in [4.69, 9.17) is 0 Å². The molecule has 0 fully saturated rings. The maximum absolute atomic E-state index is 12.6. The molecular formula is C17H12N2OS. The number of rotatable bonds is 1. The predicted octanol–water partition coefficient (Wildman–Crippen LogP) is 2.77. The maximum Gasteiger partial charge on any atom is 0.274 e. The van der Waals surface area contributed by atoms with E-state index in [0.29, 0.717) is 4.53 Å². The van der Waals surface area contributed by atoms with Gasteiger partial charge < -0.3 is 0 Å². The molecule has 0 bridgehead atoms. The van der Waals surface area contributed by atoms with Gasteiger partial charge in [0.15, 0.2) is 4.96 Å². The van der Waals surface area contributed by atoms with Crippen LogP contribution in [0.2, 0.25) is 0 Å². The van der Waals surface area contributed by atoms with Gasteiger partial charge in [-0.25, -0.2) is 9.38 Å². The minimum absolute atomic E-state index is 0.00482. The summed E-state index contributed by atoms with van der Waals surface area (Å²) in [5.41, 5.74) is 3.97. The van der Waals surface area contributed by atoms with Crippen LogP contribution in [0, 0.1) is 6.92 Å². The number of hydrogen-bond acceptors (Lipinski definition) is 3. The van der Waals surface area contributed by atoms with Gasteiger partial charge in [0.05, 0.1) is 15.6 Å². The quantitative estimate of drug-likeness (QED) is 0.540. The highest BCUT2D eigenvalue weighted by Crippen LogP contribution is 2.15.